The quantitative estimate of drug-likeness (QED) is 0.505. The molecular weight excluding hydrogens is 119 g/mol. The van der Waals surface area contributed by atoms with Crippen molar-refractivity contribution in [2.75, 3.05) is 0 Å². The van der Waals surface area contributed by atoms with Gasteiger partial charge in [-0.25, -0.2) is 4.39 Å². The molecule has 0 aromatic heterocycles. The first-order valence-electron chi connectivity index (χ1n) is 2.47. The van der Waals surface area contributed by atoms with E-state index in [1.807, 2.05) is 0 Å². The Balaban J connectivity index is 2.79. The van der Waals surface area contributed by atoms with Crippen molar-refractivity contribution in [2.45, 2.75) is 0 Å². The van der Waals surface area contributed by atoms with E-state index in [4.69, 9.17) is 0 Å². The third-order valence-corrected chi connectivity index (χ3v) is 0.963. The van der Waals surface area contributed by atoms with E-state index in [0.717, 1.165) is 0 Å². The first-order valence-corrected chi connectivity index (χ1v) is 2.47. The van der Waals surface area contributed by atoms with Crippen molar-refractivity contribution in [3.63, 3.8) is 0 Å². The molecule has 0 radical (unpaired) electrons. The van der Waals surface area contributed by atoms with Crippen molar-refractivity contribution in [1.29, 1.82) is 0 Å². The monoisotopic (exact) mass is 126 g/mol. The van der Waals surface area contributed by atoms with Crippen LogP contribution >= 0.6 is 0 Å². The molecule has 0 amide bonds. The summed E-state index contributed by atoms with van der Waals surface area (Å²) in [4.78, 5) is 0. The summed E-state index contributed by atoms with van der Waals surface area (Å²) in [7, 11) is 0. The fraction of sp³-hybridized carbons (Fsp3) is 0. The molecule has 0 saturated carbocycles. The molecule has 48 valence electrons. The van der Waals surface area contributed by atoms with Crippen LogP contribution in [0, 0.1) is 0 Å². The zero-order chi connectivity index (χ0) is 6.85. The van der Waals surface area contributed by atoms with Gasteiger partial charge in [-0.15, -0.1) is 0 Å². The standard InChI is InChI=1S/C6H7FN2/c1-4-6(7)3-8-5(2)9-4/h3,8-9H,1-2H2. The van der Waals surface area contributed by atoms with E-state index in [1.54, 1.807) is 0 Å². The molecule has 0 bridgehead atoms. The van der Waals surface area contributed by atoms with Gasteiger partial charge in [0.15, 0.2) is 5.83 Å². The molecule has 0 aliphatic carbocycles. The van der Waals surface area contributed by atoms with E-state index in [2.05, 4.69) is 23.8 Å². The van der Waals surface area contributed by atoms with E-state index in [1.165, 1.54) is 6.20 Å². The van der Waals surface area contributed by atoms with Gasteiger partial charge in [-0.05, 0) is 0 Å². The topological polar surface area (TPSA) is 24.1 Å². The summed E-state index contributed by atoms with van der Waals surface area (Å²) in [6, 6.07) is 0. The highest BCUT2D eigenvalue weighted by Crippen LogP contribution is 2.09. The van der Waals surface area contributed by atoms with Crippen LogP contribution in [0.4, 0.5) is 4.39 Å². The van der Waals surface area contributed by atoms with Gasteiger partial charge in [-0.1, -0.05) is 13.2 Å². The molecule has 0 aromatic carbocycles. The normalized spacial score (nSPS) is 18.1. The highest BCUT2D eigenvalue weighted by Gasteiger charge is 2.06. The Labute approximate surface area is 52.8 Å². The van der Waals surface area contributed by atoms with Crippen LogP contribution in [0.2, 0.25) is 0 Å². The molecule has 0 saturated heterocycles. The predicted octanol–water partition coefficient (Wildman–Crippen LogP) is 0.975. The molecule has 1 heterocycles. The molecule has 0 atom stereocenters. The Bertz CT molecular complexity index is 193. The van der Waals surface area contributed by atoms with Crippen molar-refractivity contribution >= 4 is 0 Å². The summed E-state index contributed by atoms with van der Waals surface area (Å²) in [5, 5.41) is 5.14. The minimum Gasteiger partial charge on any atom is -0.346 e. The molecule has 2 N–H and O–H groups in total. The van der Waals surface area contributed by atoms with Gasteiger partial charge in [-0.3, -0.25) is 0 Å². The maximum absolute atomic E-state index is 12.3. The second kappa shape index (κ2) is 1.93. The molecule has 1 aliphatic rings. The lowest BCUT2D eigenvalue weighted by molar-refractivity contribution is 0.604. The van der Waals surface area contributed by atoms with Crippen LogP contribution in [-0.4, -0.2) is 0 Å². The Morgan fingerprint density at radius 1 is 1.44 bits per heavy atom. The first kappa shape index (κ1) is 5.88. The van der Waals surface area contributed by atoms with E-state index >= 15 is 0 Å². The van der Waals surface area contributed by atoms with Crippen LogP contribution in [0.5, 0.6) is 0 Å². The smallest absolute Gasteiger partial charge is 0.162 e. The Morgan fingerprint density at radius 3 is 2.56 bits per heavy atom. The number of rotatable bonds is 0. The van der Waals surface area contributed by atoms with Crippen molar-refractivity contribution in [3.8, 4) is 0 Å². The molecule has 0 aromatic rings. The lowest BCUT2D eigenvalue weighted by atomic mass is 10.4. The van der Waals surface area contributed by atoms with Gasteiger partial charge in [0.25, 0.3) is 0 Å². The molecule has 0 fully saturated rings. The molecule has 0 spiro atoms. The molecule has 0 unspecified atom stereocenters. The average molecular weight is 126 g/mol. The molecule has 9 heavy (non-hydrogen) atoms. The Kier molecular flexibility index (Phi) is 1.26. The van der Waals surface area contributed by atoms with Gasteiger partial charge in [0.05, 0.1) is 11.5 Å². The van der Waals surface area contributed by atoms with E-state index in [-0.39, 0.29) is 11.5 Å². The highest BCUT2D eigenvalue weighted by molar-refractivity contribution is 5.27. The summed E-state index contributed by atoms with van der Waals surface area (Å²) < 4.78 is 12.3. The fourth-order valence-corrected chi connectivity index (χ4v) is 0.516. The number of nitrogens with one attached hydrogen (secondary N) is 2. The summed E-state index contributed by atoms with van der Waals surface area (Å²) in [6.07, 6.45) is 1.21. The van der Waals surface area contributed by atoms with Gasteiger partial charge in [-0.2, -0.15) is 0 Å². The Hall–Kier alpha value is -1.25. The summed E-state index contributed by atoms with van der Waals surface area (Å²) in [5.74, 6) is 0.156. The Morgan fingerprint density at radius 2 is 2.11 bits per heavy atom. The summed E-state index contributed by atoms with van der Waals surface area (Å²) in [6.45, 7) is 6.90. The zero-order valence-electron chi connectivity index (χ0n) is 4.87. The van der Waals surface area contributed by atoms with E-state index < -0.39 is 0 Å². The van der Waals surface area contributed by atoms with Gasteiger partial charge >= 0.3 is 0 Å². The zero-order valence-corrected chi connectivity index (χ0v) is 4.87. The highest BCUT2D eigenvalue weighted by atomic mass is 19.1. The second-order valence-corrected chi connectivity index (χ2v) is 1.72. The SMILES string of the molecule is C=C1NC=C(F)C(=C)N1. The average Bonchev–Trinajstić information content (AvgIpc) is 1.80. The van der Waals surface area contributed by atoms with E-state index in [0.29, 0.717) is 5.82 Å². The number of allylic oxidation sites excluding steroid dienone is 1. The minimum atomic E-state index is -0.387. The summed E-state index contributed by atoms with van der Waals surface area (Å²) >= 11 is 0. The number of halogens is 1. The maximum Gasteiger partial charge on any atom is 0.162 e. The minimum absolute atomic E-state index is 0.249. The summed E-state index contributed by atoms with van der Waals surface area (Å²) in [5.41, 5.74) is 0.249. The van der Waals surface area contributed by atoms with Crippen LogP contribution in [0.15, 0.2) is 36.7 Å². The predicted molar refractivity (Wildman–Crippen MR) is 33.7 cm³/mol. The van der Waals surface area contributed by atoms with Crippen molar-refractivity contribution in [3.05, 3.63) is 36.7 Å². The van der Waals surface area contributed by atoms with Crippen LogP contribution < -0.4 is 10.6 Å². The lowest BCUT2D eigenvalue weighted by Gasteiger charge is -2.15. The maximum atomic E-state index is 12.3. The first-order chi connectivity index (χ1) is 4.20. The van der Waals surface area contributed by atoms with Crippen LogP contribution in [0.25, 0.3) is 0 Å². The van der Waals surface area contributed by atoms with Crippen molar-refractivity contribution < 1.29 is 4.39 Å². The lowest BCUT2D eigenvalue weighted by Crippen LogP contribution is -2.26. The molecule has 3 heteroatoms. The molecular formula is C6H7FN2. The fourth-order valence-electron chi connectivity index (χ4n) is 0.516. The van der Waals surface area contributed by atoms with Crippen LogP contribution in [0.1, 0.15) is 0 Å². The van der Waals surface area contributed by atoms with Gasteiger partial charge < -0.3 is 10.6 Å². The molecule has 1 rings (SSSR count). The van der Waals surface area contributed by atoms with Crippen LogP contribution in [-0.2, 0) is 0 Å². The van der Waals surface area contributed by atoms with Gasteiger partial charge in [0.2, 0.25) is 0 Å². The number of hydrogen-bond acceptors (Lipinski definition) is 2. The number of hydrogen-bond donors (Lipinski definition) is 2. The third kappa shape index (κ3) is 1.10. The third-order valence-electron chi connectivity index (χ3n) is 0.963. The second-order valence-electron chi connectivity index (χ2n) is 1.72. The molecule has 2 nitrogen and oxygen atoms in total. The molecule has 1 aliphatic heterocycles. The van der Waals surface area contributed by atoms with E-state index in [9.17, 15) is 4.39 Å². The van der Waals surface area contributed by atoms with Crippen LogP contribution in [0.3, 0.4) is 0 Å². The van der Waals surface area contributed by atoms with Gasteiger partial charge in [0.1, 0.15) is 0 Å². The van der Waals surface area contributed by atoms with Crippen molar-refractivity contribution in [2.24, 2.45) is 0 Å². The largest absolute Gasteiger partial charge is 0.346 e. The van der Waals surface area contributed by atoms with Gasteiger partial charge in [0, 0.05) is 6.20 Å². The van der Waals surface area contributed by atoms with Crippen molar-refractivity contribution in [1.82, 2.24) is 10.6 Å².